The van der Waals surface area contributed by atoms with E-state index in [1.807, 2.05) is 4.90 Å². The molecule has 0 bridgehead atoms. The average molecular weight is 397 g/mol. The first-order chi connectivity index (χ1) is 13.5. The highest BCUT2D eigenvalue weighted by molar-refractivity contribution is 5.78. The number of amides is 1. The number of likely N-dealkylation sites (tertiary alicyclic amines) is 2. The molecular weight excluding hydrogens is 367 g/mol. The molecule has 1 aromatic carbocycles. The minimum Gasteiger partial charge on any atom is -0.355 e. The average Bonchev–Trinajstić information content (AvgIpc) is 2.94. The summed E-state index contributed by atoms with van der Waals surface area (Å²) in [7, 11) is 0. The third-order valence-corrected chi connectivity index (χ3v) is 5.82. The van der Waals surface area contributed by atoms with Gasteiger partial charge in [0.2, 0.25) is 5.91 Å². The smallest absolute Gasteiger partial charge is 0.234 e. The molecule has 156 valence electrons. The second-order valence-electron chi connectivity index (χ2n) is 8.07. The van der Waals surface area contributed by atoms with Gasteiger partial charge in [-0.05, 0) is 63.8 Å². The Balaban J connectivity index is 1.38. The normalized spacial score (nSPS) is 20.1. The molecule has 2 aliphatic rings. The van der Waals surface area contributed by atoms with Crippen molar-refractivity contribution in [2.75, 3.05) is 39.3 Å². The van der Waals surface area contributed by atoms with Crippen LogP contribution in [0.3, 0.4) is 0 Å². The van der Waals surface area contributed by atoms with Crippen LogP contribution in [0.25, 0.3) is 0 Å². The van der Waals surface area contributed by atoms with Crippen molar-refractivity contribution in [1.29, 1.82) is 0 Å². The summed E-state index contributed by atoms with van der Waals surface area (Å²) in [5.41, 5.74) is 0.0571. The zero-order chi connectivity index (χ0) is 19.9. The van der Waals surface area contributed by atoms with Gasteiger partial charge in [-0.3, -0.25) is 14.6 Å². The minimum absolute atomic E-state index is 0.0571. The molecule has 1 N–H and O–H groups in total. The summed E-state index contributed by atoms with van der Waals surface area (Å²) in [6, 6.07) is 1.63. The Kier molecular flexibility index (Phi) is 7.73. The maximum atomic E-state index is 13.8. The quantitative estimate of drug-likeness (QED) is 0.748. The lowest BCUT2D eigenvalue weighted by Gasteiger charge is -2.32. The first-order valence-electron chi connectivity index (χ1n) is 10.4. The highest BCUT2D eigenvalue weighted by Crippen LogP contribution is 2.21. The van der Waals surface area contributed by atoms with Gasteiger partial charge in [0.15, 0.2) is 11.6 Å². The van der Waals surface area contributed by atoms with Gasteiger partial charge < -0.3 is 5.32 Å². The van der Waals surface area contributed by atoms with Gasteiger partial charge in [0.1, 0.15) is 5.82 Å². The van der Waals surface area contributed by atoms with Gasteiger partial charge >= 0.3 is 0 Å². The lowest BCUT2D eigenvalue weighted by molar-refractivity contribution is -0.122. The molecule has 0 saturated carbocycles. The lowest BCUT2D eigenvalue weighted by Crippen LogP contribution is -2.42. The van der Waals surface area contributed by atoms with Crippen LogP contribution in [0.1, 0.15) is 44.1 Å². The van der Waals surface area contributed by atoms with Crippen LogP contribution in [0.5, 0.6) is 0 Å². The SMILES string of the molecule is O=C(CN1CCCCCC1)NCC1CCN(Cc2cc(F)cc(F)c2F)CC1. The van der Waals surface area contributed by atoms with E-state index in [-0.39, 0.29) is 18.0 Å². The molecule has 0 unspecified atom stereocenters. The summed E-state index contributed by atoms with van der Waals surface area (Å²) in [6.45, 7) is 4.79. The van der Waals surface area contributed by atoms with Crippen molar-refractivity contribution in [3.8, 4) is 0 Å². The number of carbonyl (C=O) groups is 1. The third-order valence-electron chi connectivity index (χ3n) is 5.82. The van der Waals surface area contributed by atoms with Crippen LogP contribution in [0.4, 0.5) is 13.2 Å². The number of halogens is 3. The van der Waals surface area contributed by atoms with Gasteiger partial charge in [0.05, 0.1) is 6.54 Å². The minimum atomic E-state index is -1.14. The molecule has 1 aromatic rings. The number of benzene rings is 1. The molecule has 4 nitrogen and oxygen atoms in total. The lowest BCUT2D eigenvalue weighted by atomic mass is 9.96. The number of piperidine rings is 1. The number of hydrogen-bond acceptors (Lipinski definition) is 3. The fourth-order valence-corrected chi connectivity index (χ4v) is 4.13. The molecule has 2 heterocycles. The van der Waals surface area contributed by atoms with Crippen LogP contribution in [-0.2, 0) is 11.3 Å². The molecule has 2 aliphatic heterocycles. The first kappa shape index (κ1) is 21.1. The van der Waals surface area contributed by atoms with Crippen molar-refractivity contribution in [3.05, 3.63) is 35.1 Å². The van der Waals surface area contributed by atoms with Crippen molar-refractivity contribution in [2.45, 2.75) is 45.1 Å². The molecule has 7 heteroatoms. The number of carbonyl (C=O) groups excluding carboxylic acids is 1. The Hall–Kier alpha value is -1.60. The maximum absolute atomic E-state index is 13.8. The first-order valence-corrected chi connectivity index (χ1v) is 10.4. The molecular formula is C21H30F3N3O. The zero-order valence-electron chi connectivity index (χ0n) is 16.4. The van der Waals surface area contributed by atoms with Crippen molar-refractivity contribution in [3.63, 3.8) is 0 Å². The summed E-state index contributed by atoms with van der Waals surface area (Å²) >= 11 is 0. The van der Waals surface area contributed by atoms with Crippen molar-refractivity contribution < 1.29 is 18.0 Å². The second-order valence-corrected chi connectivity index (χ2v) is 8.07. The summed E-state index contributed by atoms with van der Waals surface area (Å²) in [6.07, 6.45) is 6.60. The molecule has 0 atom stereocenters. The van der Waals surface area contributed by atoms with Crippen LogP contribution in [0.2, 0.25) is 0 Å². The third kappa shape index (κ3) is 6.21. The molecule has 2 saturated heterocycles. The number of rotatable bonds is 6. The standard InChI is InChI=1S/C21H30F3N3O/c22-18-11-17(21(24)19(23)12-18)14-27-9-5-16(6-10-27)13-25-20(28)15-26-7-3-1-2-4-8-26/h11-12,16H,1-10,13-15H2,(H,25,28). The maximum Gasteiger partial charge on any atom is 0.234 e. The van der Waals surface area contributed by atoms with Gasteiger partial charge in [-0.1, -0.05) is 12.8 Å². The Morgan fingerprint density at radius 1 is 0.964 bits per heavy atom. The van der Waals surface area contributed by atoms with Crippen molar-refractivity contribution in [1.82, 2.24) is 15.1 Å². The molecule has 1 amide bonds. The summed E-state index contributed by atoms with van der Waals surface area (Å²) < 4.78 is 40.5. The van der Waals surface area contributed by atoms with E-state index in [2.05, 4.69) is 10.2 Å². The van der Waals surface area contributed by atoms with Gasteiger partial charge in [0.25, 0.3) is 0 Å². The fraction of sp³-hybridized carbons (Fsp3) is 0.667. The topological polar surface area (TPSA) is 35.6 Å². The predicted octanol–water partition coefficient (Wildman–Crippen LogP) is 3.31. The highest BCUT2D eigenvalue weighted by atomic mass is 19.2. The van der Waals surface area contributed by atoms with Gasteiger partial charge in [0, 0.05) is 24.7 Å². The largest absolute Gasteiger partial charge is 0.355 e. The van der Waals surface area contributed by atoms with E-state index in [1.165, 1.54) is 25.7 Å². The number of nitrogens with one attached hydrogen (secondary N) is 1. The molecule has 2 fully saturated rings. The molecule has 0 aromatic heterocycles. The Morgan fingerprint density at radius 3 is 2.32 bits per heavy atom. The van der Waals surface area contributed by atoms with E-state index in [1.54, 1.807) is 0 Å². The van der Waals surface area contributed by atoms with Crippen LogP contribution in [-0.4, -0.2) is 55.0 Å². The number of hydrogen-bond donors (Lipinski definition) is 1. The second kappa shape index (κ2) is 10.3. The Morgan fingerprint density at radius 2 is 1.64 bits per heavy atom. The van der Waals surface area contributed by atoms with E-state index in [4.69, 9.17) is 0 Å². The summed E-state index contributed by atoms with van der Waals surface area (Å²) in [5.74, 6) is -2.39. The fourth-order valence-electron chi connectivity index (χ4n) is 4.13. The van der Waals surface area contributed by atoms with E-state index >= 15 is 0 Å². The molecule has 0 radical (unpaired) electrons. The van der Waals surface area contributed by atoms with E-state index in [9.17, 15) is 18.0 Å². The molecule has 28 heavy (non-hydrogen) atoms. The van der Waals surface area contributed by atoms with Gasteiger partial charge in [-0.25, -0.2) is 13.2 Å². The van der Waals surface area contributed by atoms with Crippen LogP contribution in [0.15, 0.2) is 12.1 Å². The van der Waals surface area contributed by atoms with E-state index in [0.717, 1.165) is 45.1 Å². The summed E-state index contributed by atoms with van der Waals surface area (Å²) in [5, 5.41) is 3.05. The molecule has 0 spiro atoms. The Labute approximate surface area is 165 Å². The van der Waals surface area contributed by atoms with Crippen LogP contribution < -0.4 is 5.32 Å². The predicted molar refractivity (Wildman–Crippen MR) is 102 cm³/mol. The zero-order valence-corrected chi connectivity index (χ0v) is 16.4. The molecule has 0 aliphatic carbocycles. The highest BCUT2D eigenvalue weighted by Gasteiger charge is 2.22. The van der Waals surface area contributed by atoms with E-state index < -0.39 is 17.5 Å². The number of nitrogens with zero attached hydrogens (tertiary/aromatic N) is 2. The van der Waals surface area contributed by atoms with Crippen molar-refractivity contribution in [2.24, 2.45) is 5.92 Å². The van der Waals surface area contributed by atoms with Gasteiger partial charge in [-0.15, -0.1) is 0 Å². The van der Waals surface area contributed by atoms with Gasteiger partial charge in [-0.2, -0.15) is 0 Å². The Bertz CT molecular complexity index is 655. The monoisotopic (exact) mass is 397 g/mol. The summed E-state index contributed by atoms with van der Waals surface area (Å²) in [4.78, 5) is 16.4. The van der Waals surface area contributed by atoms with Crippen LogP contribution >= 0.6 is 0 Å². The van der Waals surface area contributed by atoms with E-state index in [0.29, 0.717) is 25.1 Å². The van der Waals surface area contributed by atoms with Crippen molar-refractivity contribution >= 4 is 5.91 Å². The van der Waals surface area contributed by atoms with Crippen LogP contribution in [0, 0.1) is 23.4 Å². The molecule has 3 rings (SSSR count).